The predicted octanol–water partition coefficient (Wildman–Crippen LogP) is 2.52. The lowest BCUT2D eigenvalue weighted by molar-refractivity contribution is -0.137. The van der Waals surface area contributed by atoms with Gasteiger partial charge in [-0.1, -0.05) is 32.1 Å². The van der Waals surface area contributed by atoms with Crippen LogP contribution in [-0.2, 0) is 9.53 Å². The molecular weight excluding hydrogens is 164 g/mol. The molecule has 0 aromatic heterocycles. The molecule has 1 aliphatic heterocycles. The summed E-state index contributed by atoms with van der Waals surface area (Å²) >= 11 is 0. The molecule has 0 radical (unpaired) electrons. The molecule has 2 heteroatoms. The minimum Gasteiger partial charge on any atom is -0.465 e. The molecule has 1 heterocycles. The van der Waals surface area contributed by atoms with E-state index in [-0.39, 0.29) is 5.97 Å². The van der Waals surface area contributed by atoms with Crippen LogP contribution in [0.25, 0.3) is 0 Å². The first-order chi connectivity index (χ1) is 6.34. The molecule has 0 aromatic rings. The zero-order valence-corrected chi connectivity index (χ0v) is 8.13. The quantitative estimate of drug-likeness (QED) is 0.613. The highest BCUT2D eigenvalue weighted by atomic mass is 16.5. The van der Waals surface area contributed by atoms with Gasteiger partial charge in [-0.3, -0.25) is 4.79 Å². The van der Waals surface area contributed by atoms with Crippen LogP contribution < -0.4 is 0 Å². The number of carbonyl (C=O) groups is 1. The van der Waals surface area contributed by atoms with E-state index >= 15 is 0 Å². The molecule has 13 heavy (non-hydrogen) atoms. The summed E-state index contributed by atoms with van der Waals surface area (Å²) in [6, 6.07) is 0. The summed E-state index contributed by atoms with van der Waals surface area (Å²) in [5.74, 6) is 1.43. The minimum absolute atomic E-state index is 0.0146. The summed E-state index contributed by atoms with van der Waals surface area (Å²) in [5, 5.41) is 0. The Bertz CT molecular complexity index is 183. The molecular formula is C11H18O2. The molecule has 2 nitrogen and oxygen atoms in total. The Balaban J connectivity index is 1.73. The van der Waals surface area contributed by atoms with Gasteiger partial charge in [-0.05, 0) is 12.3 Å². The van der Waals surface area contributed by atoms with Crippen molar-refractivity contribution in [2.24, 2.45) is 11.8 Å². The Morgan fingerprint density at radius 3 is 2.54 bits per heavy atom. The van der Waals surface area contributed by atoms with Crippen molar-refractivity contribution in [3.63, 3.8) is 0 Å². The van der Waals surface area contributed by atoms with Gasteiger partial charge in [0, 0.05) is 5.92 Å². The second-order valence-electron chi connectivity index (χ2n) is 4.49. The van der Waals surface area contributed by atoms with Gasteiger partial charge in [-0.15, -0.1) is 0 Å². The highest BCUT2D eigenvalue weighted by Gasteiger charge is 2.26. The van der Waals surface area contributed by atoms with Crippen LogP contribution in [0.2, 0.25) is 0 Å². The van der Waals surface area contributed by atoms with E-state index in [4.69, 9.17) is 4.74 Å². The molecule has 0 amide bonds. The van der Waals surface area contributed by atoms with Crippen LogP contribution in [0.5, 0.6) is 0 Å². The molecule has 1 atom stereocenters. The maximum Gasteiger partial charge on any atom is 0.306 e. The Labute approximate surface area is 79.7 Å². The van der Waals surface area contributed by atoms with Crippen molar-refractivity contribution in [2.75, 3.05) is 6.61 Å². The van der Waals surface area contributed by atoms with E-state index in [2.05, 4.69) is 0 Å². The fraction of sp³-hybridized carbons (Fsp3) is 0.909. The topological polar surface area (TPSA) is 26.3 Å². The number of hydrogen-bond donors (Lipinski definition) is 0. The molecule has 2 aliphatic rings. The van der Waals surface area contributed by atoms with Crippen LogP contribution in [0.1, 0.15) is 44.9 Å². The summed E-state index contributed by atoms with van der Waals surface area (Å²) in [6.45, 7) is 0.690. The van der Waals surface area contributed by atoms with Crippen molar-refractivity contribution in [1.82, 2.24) is 0 Å². The molecule has 0 bridgehead atoms. The van der Waals surface area contributed by atoms with E-state index < -0.39 is 0 Å². The van der Waals surface area contributed by atoms with Crippen molar-refractivity contribution >= 4 is 5.97 Å². The molecule has 0 unspecified atom stereocenters. The first kappa shape index (κ1) is 9.04. The van der Waals surface area contributed by atoms with Gasteiger partial charge < -0.3 is 4.74 Å². The average Bonchev–Trinajstić information content (AvgIpc) is 2.53. The zero-order chi connectivity index (χ0) is 9.10. The highest BCUT2D eigenvalue weighted by Crippen LogP contribution is 2.31. The molecule has 1 saturated carbocycles. The van der Waals surface area contributed by atoms with E-state index in [0.29, 0.717) is 18.9 Å². The lowest BCUT2D eigenvalue weighted by Crippen LogP contribution is -2.12. The molecule has 74 valence electrons. The lowest BCUT2D eigenvalue weighted by atomic mass is 9.82. The van der Waals surface area contributed by atoms with Gasteiger partial charge in [0.2, 0.25) is 0 Å². The normalized spacial score (nSPS) is 30.5. The average molecular weight is 182 g/mol. The van der Waals surface area contributed by atoms with Crippen molar-refractivity contribution < 1.29 is 9.53 Å². The lowest BCUT2D eigenvalue weighted by Gasteiger charge is -2.23. The molecule has 1 saturated heterocycles. The van der Waals surface area contributed by atoms with Crippen LogP contribution in [0.15, 0.2) is 0 Å². The maximum atomic E-state index is 10.9. The van der Waals surface area contributed by atoms with Crippen LogP contribution in [0, 0.1) is 11.8 Å². The van der Waals surface area contributed by atoms with Crippen LogP contribution in [0.3, 0.4) is 0 Å². The van der Waals surface area contributed by atoms with Gasteiger partial charge in [0.1, 0.15) is 0 Å². The van der Waals surface area contributed by atoms with E-state index in [1.807, 2.05) is 0 Å². The van der Waals surface area contributed by atoms with Gasteiger partial charge >= 0.3 is 5.97 Å². The smallest absolute Gasteiger partial charge is 0.306 e. The number of carbonyl (C=O) groups excluding carboxylic acids is 1. The van der Waals surface area contributed by atoms with Crippen molar-refractivity contribution in [3.05, 3.63) is 0 Å². The highest BCUT2D eigenvalue weighted by molar-refractivity contribution is 5.71. The fourth-order valence-electron chi connectivity index (χ4n) is 2.61. The summed E-state index contributed by atoms with van der Waals surface area (Å²) in [6.07, 6.45) is 8.87. The summed E-state index contributed by atoms with van der Waals surface area (Å²) in [4.78, 5) is 10.9. The van der Waals surface area contributed by atoms with Gasteiger partial charge in [0.25, 0.3) is 0 Å². The van der Waals surface area contributed by atoms with Gasteiger partial charge in [0.15, 0.2) is 0 Å². The second-order valence-corrected chi connectivity index (χ2v) is 4.49. The largest absolute Gasteiger partial charge is 0.465 e. The maximum absolute atomic E-state index is 10.9. The second kappa shape index (κ2) is 4.12. The van der Waals surface area contributed by atoms with Crippen molar-refractivity contribution in [2.45, 2.75) is 44.9 Å². The standard InChI is InChI=1S/C11H18O2/c12-11-7-10(8-13-11)6-9-4-2-1-3-5-9/h9-10H,1-8H2/t10-/m1/s1. The van der Waals surface area contributed by atoms with Crippen LogP contribution in [0.4, 0.5) is 0 Å². The van der Waals surface area contributed by atoms with Crippen molar-refractivity contribution in [3.8, 4) is 0 Å². The fourth-order valence-corrected chi connectivity index (χ4v) is 2.61. The third-order valence-corrected chi connectivity index (χ3v) is 3.33. The van der Waals surface area contributed by atoms with E-state index in [1.54, 1.807) is 0 Å². The van der Waals surface area contributed by atoms with Crippen LogP contribution in [-0.4, -0.2) is 12.6 Å². The van der Waals surface area contributed by atoms with E-state index in [0.717, 1.165) is 5.92 Å². The third kappa shape index (κ3) is 2.45. The predicted molar refractivity (Wildman–Crippen MR) is 50.3 cm³/mol. The van der Waals surface area contributed by atoms with Gasteiger partial charge in [0.05, 0.1) is 13.0 Å². The molecule has 0 spiro atoms. The number of esters is 1. The molecule has 2 rings (SSSR count). The summed E-state index contributed by atoms with van der Waals surface area (Å²) in [7, 11) is 0. The Morgan fingerprint density at radius 2 is 1.92 bits per heavy atom. The first-order valence-electron chi connectivity index (χ1n) is 5.50. The number of cyclic esters (lactones) is 1. The van der Waals surface area contributed by atoms with Gasteiger partial charge in [-0.2, -0.15) is 0 Å². The Morgan fingerprint density at radius 1 is 1.15 bits per heavy atom. The Hall–Kier alpha value is -0.530. The van der Waals surface area contributed by atoms with Gasteiger partial charge in [-0.25, -0.2) is 0 Å². The van der Waals surface area contributed by atoms with Crippen LogP contribution >= 0.6 is 0 Å². The molecule has 0 N–H and O–H groups in total. The van der Waals surface area contributed by atoms with Crippen molar-refractivity contribution in [1.29, 1.82) is 0 Å². The SMILES string of the molecule is O=C1C[C@@H](CC2CCCCC2)CO1. The first-order valence-corrected chi connectivity index (χ1v) is 5.50. The minimum atomic E-state index is 0.0146. The number of rotatable bonds is 2. The number of ether oxygens (including phenoxy) is 1. The molecule has 0 aromatic carbocycles. The number of hydrogen-bond acceptors (Lipinski definition) is 2. The molecule has 1 aliphatic carbocycles. The third-order valence-electron chi connectivity index (χ3n) is 3.33. The molecule has 2 fully saturated rings. The Kier molecular flexibility index (Phi) is 2.87. The summed E-state index contributed by atoms with van der Waals surface area (Å²) in [5.41, 5.74) is 0. The monoisotopic (exact) mass is 182 g/mol. The van der Waals surface area contributed by atoms with E-state index in [9.17, 15) is 4.79 Å². The summed E-state index contributed by atoms with van der Waals surface area (Å²) < 4.78 is 4.97. The van der Waals surface area contributed by atoms with E-state index in [1.165, 1.54) is 38.5 Å². The zero-order valence-electron chi connectivity index (χ0n) is 8.13.